The highest BCUT2D eigenvalue weighted by Gasteiger charge is 2.34. The Labute approximate surface area is 236 Å². The predicted molar refractivity (Wildman–Crippen MR) is 150 cm³/mol. The van der Waals surface area contributed by atoms with Crippen LogP contribution in [-0.4, -0.2) is 36.5 Å². The maximum absolute atomic E-state index is 9.44. The Bertz CT molecular complexity index is 1220. The summed E-state index contributed by atoms with van der Waals surface area (Å²) in [4.78, 5) is 0. The standard InChI is InChI=1S/C33H40O7/c1-32(2)37-21-30(39-32)27-13-7-24(8-14-27)18-35-20-29(26-11-5-23(17-34)6-12-26)36-19-25-9-15-28(16-10-25)31-22-38-33(3,4)40-31/h5-16,29-31,34H,17-22H2,1-4H3/t29-,30-,31-/m0/s1. The highest BCUT2D eigenvalue weighted by Crippen LogP contribution is 2.34. The summed E-state index contributed by atoms with van der Waals surface area (Å²) in [5, 5.41) is 9.44. The first-order valence-electron chi connectivity index (χ1n) is 13.9. The zero-order chi connectivity index (χ0) is 28.2. The summed E-state index contributed by atoms with van der Waals surface area (Å²) in [6.07, 6.45) is -0.369. The molecule has 0 saturated carbocycles. The maximum atomic E-state index is 9.44. The lowest BCUT2D eigenvalue weighted by Crippen LogP contribution is -2.19. The Morgan fingerprint density at radius 3 is 1.62 bits per heavy atom. The first kappa shape index (κ1) is 28.9. The first-order chi connectivity index (χ1) is 19.2. The van der Waals surface area contributed by atoms with Crippen molar-refractivity contribution < 1.29 is 33.5 Å². The normalized spacial score (nSPS) is 22.4. The van der Waals surface area contributed by atoms with E-state index in [0.29, 0.717) is 33.0 Å². The molecule has 2 aliphatic rings. The van der Waals surface area contributed by atoms with Crippen molar-refractivity contribution in [1.29, 1.82) is 0 Å². The van der Waals surface area contributed by atoms with Gasteiger partial charge in [-0.3, -0.25) is 0 Å². The molecule has 7 heteroatoms. The van der Waals surface area contributed by atoms with E-state index >= 15 is 0 Å². The molecule has 5 rings (SSSR count). The molecule has 3 aromatic carbocycles. The zero-order valence-electron chi connectivity index (χ0n) is 23.8. The second-order valence-corrected chi connectivity index (χ2v) is 11.3. The van der Waals surface area contributed by atoms with E-state index in [1.165, 1.54) is 0 Å². The molecule has 0 spiro atoms. The van der Waals surface area contributed by atoms with Crippen LogP contribution in [-0.2, 0) is 48.2 Å². The van der Waals surface area contributed by atoms with Crippen LogP contribution in [0.15, 0.2) is 72.8 Å². The van der Waals surface area contributed by atoms with Gasteiger partial charge in [0.1, 0.15) is 18.3 Å². The van der Waals surface area contributed by atoms with Gasteiger partial charge in [0.2, 0.25) is 0 Å². The molecule has 0 aliphatic carbocycles. The highest BCUT2D eigenvalue weighted by atomic mass is 16.7. The maximum Gasteiger partial charge on any atom is 0.163 e. The van der Waals surface area contributed by atoms with Gasteiger partial charge in [0.25, 0.3) is 0 Å². The average molecular weight is 549 g/mol. The lowest BCUT2D eigenvalue weighted by atomic mass is 10.1. The second kappa shape index (κ2) is 12.5. The van der Waals surface area contributed by atoms with Gasteiger partial charge in [-0.2, -0.15) is 0 Å². The van der Waals surface area contributed by atoms with E-state index in [1.807, 2.05) is 52.0 Å². The summed E-state index contributed by atoms with van der Waals surface area (Å²) in [6, 6.07) is 24.4. The molecule has 3 atom stereocenters. The molecule has 0 radical (unpaired) electrons. The van der Waals surface area contributed by atoms with Gasteiger partial charge in [-0.05, 0) is 61.1 Å². The van der Waals surface area contributed by atoms with E-state index in [4.69, 9.17) is 28.4 Å². The van der Waals surface area contributed by atoms with Crippen molar-refractivity contribution in [3.8, 4) is 0 Å². The van der Waals surface area contributed by atoms with Crippen molar-refractivity contribution in [2.75, 3.05) is 19.8 Å². The number of rotatable bonds is 11. The van der Waals surface area contributed by atoms with Crippen molar-refractivity contribution in [3.63, 3.8) is 0 Å². The minimum atomic E-state index is -0.552. The molecule has 3 aromatic rings. The Hall–Kier alpha value is -2.62. The van der Waals surface area contributed by atoms with E-state index in [2.05, 4.69) is 48.5 Å². The first-order valence-corrected chi connectivity index (χ1v) is 13.9. The van der Waals surface area contributed by atoms with Gasteiger partial charge in [-0.25, -0.2) is 0 Å². The molecule has 2 aliphatic heterocycles. The van der Waals surface area contributed by atoms with Crippen molar-refractivity contribution in [2.45, 2.75) is 77.4 Å². The number of benzene rings is 3. The van der Waals surface area contributed by atoms with E-state index < -0.39 is 11.6 Å². The summed E-state index contributed by atoms with van der Waals surface area (Å²) >= 11 is 0. The minimum Gasteiger partial charge on any atom is -0.392 e. The Balaban J connectivity index is 1.17. The van der Waals surface area contributed by atoms with Crippen LogP contribution in [0.5, 0.6) is 0 Å². The fourth-order valence-electron chi connectivity index (χ4n) is 4.92. The fraction of sp³-hybridized carbons (Fsp3) is 0.455. The zero-order valence-corrected chi connectivity index (χ0v) is 23.8. The third kappa shape index (κ3) is 7.56. The Kier molecular flexibility index (Phi) is 9.02. The SMILES string of the molecule is CC1(C)OC[C@@H](c2ccc(COC[C@H](OCc3ccc([C@@H]4COC(C)(C)O4)cc3)c3ccc(CO)cc3)cc2)O1. The van der Waals surface area contributed by atoms with Gasteiger partial charge < -0.3 is 33.5 Å². The van der Waals surface area contributed by atoms with Crippen LogP contribution in [0.3, 0.4) is 0 Å². The lowest BCUT2D eigenvalue weighted by molar-refractivity contribution is -0.139. The topological polar surface area (TPSA) is 75.6 Å². The van der Waals surface area contributed by atoms with Gasteiger partial charge in [0.15, 0.2) is 11.6 Å². The van der Waals surface area contributed by atoms with Crippen molar-refractivity contribution in [1.82, 2.24) is 0 Å². The number of aliphatic hydroxyl groups is 1. The van der Waals surface area contributed by atoms with Crippen LogP contribution in [0.25, 0.3) is 0 Å². The number of hydrogen-bond acceptors (Lipinski definition) is 7. The molecule has 40 heavy (non-hydrogen) atoms. The molecule has 1 N–H and O–H groups in total. The Morgan fingerprint density at radius 1 is 0.700 bits per heavy atom. The molecule has 0 aromatic heterocycles. The molecule has 2 saturated heterocycles. The molecular formula is C33H40O7. The largest absolute Gasteiger partial charge is 0.392 e. The summed E-state index contributed by atoms with van der Waals surface area (Å²) in [5.41, 5.74) is 6.20. The molecule has 7 nitrogen and oxygen atoms in total. The molecule has 214 valence electrons. The third-order valence-corrected chi connectivity index (χ3v) is 7.24. The molecular weight excluding hydrogens is 508 g/mol. The third-order valence-electron chi connectivity index (χ3n) is 7.24. The number of hydrogen-bond donors (Lipinski definition) is 1. The summed E-state index contributed by atoms with van der Waals surface area (Å²) < 4.78 is 35.8. The molecule has 0 bridgehead atoms. The van der Waals surface area contributed by atoms with Crippen LogP contribution in [0.2, 0.25) is 0 Å². The van der Waals surface area contributed by atoms with Gasteiger partial charge >= 0.3 is 0 Å². The average Bonchev–Trinajstić information content (AvgIpc) is 3.51. The van der Waals surface area contributed by atoms with Crippen molar-refractivity contribution in [2.24, 2.45) is 0 Å². The van der Waals surface area contributed by atoms with Crippen LogP contribution in [0, 0.1) is 0 Å². The van der Waals surface area contributed by atoms with Gasteiger partial charge in [-0.15, -0.1) is 0 Å². The van der Waals surface area contributed by atoms with Gasteiger partial charge in [0, 0.05) is 0 Å². The lowest BCUT2D eigenvalue weighted by Gasteiger charge is -2.20. The Morgan fingerprint density at radius 2 is 1.18 bits per heavy atom. The van der Waals surface area contributed by atoms with Gasteiger partial charge in [0.05, 0.1) is 39.6 Å². The molecule has 0 unspecified atom stereocenters. The molecule has 2 heterocycles. The second-order valence-electron chi connectivity index (χ2n) is 11.3. The highest BCUT2D eigenvalue weighted by molar-refractivity contribution is 5.27. The molecule has 2 fully saturated rings. The van der Waals surface area contributed by atoms with E-state index in [-0.39, 0.29) is 24.9 Å². The molecule has 0 amide bonds. The van der Waals surface area contributed by atoms with E-state index in [0.717, 1.165) is 33.4 Å². The van der Waals surface area contributed by atoms with Crippen molar-refractivity contribution in [3.05, 3.63) is 106 Å². The number of ether oxygens (including phenoxy) is 6. The van der Waals surface area contributed by atoms with Crippen LogP contribution in [0.4, 0.5) is 0 Å². The van der Waals surface area contributed by atoms with Crippen LogP contribution < -0.4 is 0 Å². The monoisotopic (exact) mass is 548 g/mol. The van der Waals surface area contributed by atoms with Crippen LogP contribution in [0.1, 0.15) is 79.4 Å². The fourth-order valence-corrected chi connectivity index (χ4v) is 4.92. The summed E-state index contributed by atoms with van der Waals surface area (Å²) in [6.45, 7) is 10.2. The summed E-state index contributed by atoms with van der Waals surface area (Å²) in [7, 11) is 0. The van der Waals surface area contributed by atoms with Crippen LogP contribution >= 0.6 is 0 Å². The van der Waals surface area contributed by atoms with E-state index in [1.54, 1.807) is 0 Å². The van der Waals surface area contributed by atoms with Crippen molar-refractivity contribution >= 4 is 0 Å². The quantitative estimate of drug-likeness (QED) is 0.301. The number of aliphatic hydroxyl groups excluding tert-OH is 1. The smallest absolute Gasteiger partial charge is 0.163 e. The van der Waals surface area contributed by atoms with Gasteiger partial charge in [-0.1, -0.05) is 72.8 Å². The predicted octanol–water partition coefficient (Wildman–Crippen LogP) is 6.30. The minimum absolute atomic E-state index is 0.00704. The summed E-state index contributed by atoms with van der Waals surface area (Å²) in [5.74, 6) is -1.10. The van der Waals surface area contributed by atoms with E-state index in [9.17, 15) is 5.11 Å².